The van der Waals surface area contributed by atoms with E-state index in [1.165, 1.54) is 12.1 Å². The van der Waals surface area contributed by atoms with E-state index in [-0.39, 0.29) is 11.5 Å². The molecule has 0 bridgehead atoms. The molecule has 0 unspecified atom stereocenters. The molecule has 1 aromatic carbocycles. The lowest BCUT2D eigenvalue weighted by molar-refractivity contribution is 0.404. The summed E-state index contributed by atoms with van der Waals surface area (Å²) in [5.74, 6) is -0.153. The molecule has 0 radical (unpaired) electrons. The van der Waals surface area contributed by atoms with Crippen LogP contribution in [0.25, 0.3) is 0 Å². The van der Waals surface area contributed by atoms with Gasteiger partial charge in [0.15, 0.2) is 11.5 Å². The van der Waals surface area contributed by atoms with E-state index in [2.05, 4.69) is 5.32 Å². The summed E-state index contributed by atoms with van der Waals surface area (Å²) < 4.78 is 9.56. The number of benzene rings is 1. The van der Waals surface area contributed by atoms with Gasteiger partial charge in [0.25, 0.3) is 0 Å². The molecule has 7 heteroatoms. The molecule has 7 N–H and O–H groups in total. The summed E-state index contributed by atoms with van der Waals surface area (Å²) in [5.41, 5.74) is 10.3. The Morgan fingerprint density at radius 3 is 1.58 bits per heavy atom. The second-order valence-electron chi connectivity index (χ2n) is 3.56. The Bertz CT molecular complexity index is 309. The number of nitrogens with two attached hydrogens (primary N) is 2. The van der Waals surface area contributed by atoms with Gasteiger partial charge in [-0.05, 0) is 12.1 Å². The van der Waals surface area contributed by atoms with Gasteiger partial charge in [0, 0.05) is 49.5 Å². The summed E-state index contributed by atoms with van der Waals surface area (Å²) in [6.45, 7) is 3.13. The van der Waals surface area contributed by atoms with E-state index in [9.17, 15) is 4.21 Å². The Morgan fingerprint density at radius 1 is 1.05 bits per heavy atom. The first-order valence-corrected chi connectivity index (χ1v) is 7.75. The number of aromatic hydroxyl groups is 2. The van der Waals surface area contributed by atoms with Gasteiger partial charge in [0.1, 0.15) is 0 Å². The Hall–Kier alpha value is -1.15. The van der Waals surface area contributed by atoms with Gasteiger partial charge in [0.2, 0.25) is 0 Å². The quantitative estimate of drug-likeness (QED) is 0.380. The van der Waals surface area contributed by atoms with Crippen LogP contribution in [0.15, 0.2) is 24.3 Å². The topological polar surface area (TPSA) is 122 Å². The molecule has 0 saturated heterocycles. The highest BCUT2D eigenvalue weighted by Gasteiger charge is 1.90. The lowest BCUT2D eigenvalue weighted by Gasteiger charge is -1.95. The normalized spacial score (nSPS) is 9.11. The van der Waals surface area contributed by atoms with Crippen LogP contribution in [-0.4, -0.2) is 53.1 Å². The molecule has 0 fully saturated rings. The van der Waals surface area contributed by atoms with E-state index < -0.39 is 10.8 Å². The highest BCUT2D eigenvalue weighted by molar-refractivity contribution is 7.83. The van der Waals surface area contributed by atoms with Crippen molar-refractivity contribution in [2.45, 2.75) is 0 Å². The van der Waals surface area contributed by atoms with Crippen molar-refractivity contribution in [2.75, 3.05) is 38.7 Å². The molecule has 1 rings (SSSR count). The highest BCUT2D eigenvalue weighted by Crippen LogP contribution is 2.21. The van der Waals surface area contributed by atoms with Crippen molar-refractivity contribution in [1.29, 1.82) is 0 Å². The summed E-state index contributed by atoms with van der Waals surface area (Å²) in [6, 6.07) is 6.15. The van der Waals surface area contributed by atoms with Crippen LogP contribution in [0.4, 0.5) is 0 Å². The molecule has 112 valence electrons. The van der Waals surface area contributed by atoms with Crippen LogP contribution in [0.1, 0.15) is 0 Å². The Labute approximate surface area is 117 Å². The molecule has 0 aliphatic rings. The van der Waals surface area contributed by atoms with Crippen LogP contribution in [0.5, 0.6) is 11.5 Å². The van der Waals surface area contributed by atoms with Gasteiger partial charge in [0.05, 0.1) is 0 Å². The summed E-state index contributed by atoms with van der Waals surface area (Å²) in [5, 5.41) is 20.4. The lowest BCUT2D eigenvalue weighted by atomic mass is 10.3. The van der Waals surface area contributed by atoms with Gasteiger partial charge in [-0.2, -0.15) is 0 Å². The summed E-state index contributed by atoms with van der Waals surface area (Å²) >= 11 is 0. The molecule has 0 atom stereocenters. The third-order valence-electron chi connectivity index (χ3n) is 1.52. The maximum atomic E-state index is 9.56. The third kappa shape index (κ3) is 19.4. The third-order valence-corrected chi connectivity index (χ3v) is 1.52. The van der Waals surface area contributed by atoms with E-state index >= 15 is 0 Å². The van der Waals surface area contributed by atoms with Crippen molar-refractivity contribution in [3.8, 4) is 11.5 Å². The molecular weight excluding hydrogens is 266 g/mol. The number of nitrogens with one attached hydrogen (secondary N) is 1. The molecule has 19 heavy (non-hydrogen) atoms. The summed E-state index contributed by atoms with van der Waals surface area (Å²) in [6.07, 6.45) is 3.28. The molecule has 0 saturated carbocycles. The number of rotatable bonds is 4. The van der Waals surface area contributed by atoms with Crippen LogP contribution in [0.3, 0.4) is 0 Å². The fraction of sp³-hybridized carbons (Fsp3) is 0.500. The Morgan fingerprint density at radius 2 is 1.37 bits per heavy atom. The fourth-order valence-corrected chi connectivity index (χ4v) is 0.793. The zero-order chi connectivity index (χ0) is 15.1. The van der Waals surface area contributed by atoms with Crippen LogP contribution in [0.2, 0.25) is 0 Å². The van der Waals surface area contributed by atoms with Crippen molar-refractivity contribution >= 4 is 10.8 Å². The van der Waals surface area contributed by atoms with Crippen molar-refractivity contribution in [3.63, 3.8) is 0 Å². The molecule has 0 amide bonds. The van der Waals surface area contributed by atoms with E-state index in [0.717, 1.165) is 13.1 Å². The summed E-state index contributed by atoms with van der Waals surface area (Å²) in [7, 11) is -0.611. The number of phenols is 2. The maximum Gasteiger partial charge on any atom is 0.157 e. The van der Waals surface area contributed by atoms with Gasteiger partial charge in [-0.25, -0.2) is 0 Å². The predicted molar refractivity (Wildman–Crippen MR) is 80.7 cm³/mol. The van der Waals surface area contributed by atoms with E-state index in [1.54, 1.807) is 24.6 Å². The second kappa shape index (κ2) is 14.9. The average molecular weight is 291 g/mol. The first-order chi connectivity index (χ1) is 8.95. The van der Waals surface area contributed by atoms with Crippen molar-refractivity contribution in [1.82, 2.24) is 5.32 Å². The van der Waals surface area contributed by atoms with E-state index in [4.69, 9.17) is 21.7 Å². The molecule has 0 aromatic heterocycles. The number of hydrogen-bond acceptors (Lipinski definition) is 6. The van der Waals surface area contributed by atoms with Gasteiger partial charge < -0.3 is 27.0 Å². The van der Waals surface area contributed by atoms with Gasteiger partial charge in [-0.15, -0.1) is 0 Å². The standard InChI is InChI=1S/C6H6O2.C4H13N3.C2H6OS/c7-5-3-1-2-4-6(5)8;5-1-3-7-4-2-6;1-4(2)3/h1-4,7-8H;7H,1-6H2;1-2H3. The fourth-order valence-electron chi connectivity index (χ4n) is 0.793. The monoisotopic (exact) mass is 291 g/mol. The molecule has 6 nitrogen and oxygen atoms in total. The number of phenolic OH excluding ortho intramolecular Hbond substituents is 2. The van der Waals surface area contributed by atoms with Crippen LogP contribution in [0, 0.1) is 0 Å². The van der Waals surface area contributed by atoms with Gasteiger partial charge in [-0.1, -0.05) is 12.1 Å². The zero-order valence-electron chi connectivity index (χ0n) is 11.5. The minimum absolute atomic E-state index is 0.0764. The van der Waals surface area contributed by atoms with E-state index in [0.29, 0.717) is 13.1 Å². The predicted octanol–water partition coefficient (Wildman–Crippen LogP) is -0.414. The van der Waals surface area contributed by atoms with Crippen molar-refractivity contribution < 1.29 is 14.4 Å². The highest BCUT2D eigenvalue weighted by atomic mass is 32.2. The van der Waals surface area contributed by atoms with Crippen LogP contribution >= 0.6 is 0 Å². The molecule has 0 spiro atoms. The number of para-hydroxylation sites is 2. The summed E-state index contributed by atoms with van der Waals surface area (Å²) in [4.78, 5) is 0. The molecule has 1 aromatic rings. The Balaban J connectivity index is 0. The smallest absolute Gasteiger partial charge is 0.157 e. The molecule has 0 aliphatic heterocycles. The second-order valence-corrected chi connectivity index (χ2v) is 5.04. The minimum atomic E-state index is -0.611. The SMILES string of the molecule is CS(C)=O.NCCNCCN.Oc1ccccc1O. The average Bonchev–Trinajstić information content (AvgIpc) is 2.34. The van der Waals surface area contributed by atoms with Gasteiger partial charge in [-0.3, -0.25) is 4.21 Å². The molecule has 0 aliphatic carbocycles. The largest absolute Gasteiger partial charge is 0.504 e. The van der Waals surface area contributed by atoms with Crippen LogP contribution < -0.4 is 16.8 Å². The first kappa shape index (κ1) is 20.2. The van der Waals surface area contributed by atoms with Crippen molar-refractivity contribution in [3.05, 3.63) is 24.3 Å². The van der Waals surface area contributed by atoms with Gasteiger partial charge >= 0.3 is 0 Å². The lowest BCUT2D eigenvalue weighted by Crippen LogP contribution is -2.27. The Kier molecular flexibility index (Phi) is 15.8. The van der Waals surface area contributed by atoms with E-state index in [1.807, 2.05) is 0 Å². The van der Waals surface area contributed by atoms with Crippen molar-refractivity contribution in [2.24, 2.45) is 11.5 Å². The molecule has 0 heterocycles. The number of hydrogen-bond donors (Lipinski definition) is 5. The zero-order valence-corrected chi connectivity index (χ0v) is 12.3. The minimum Gasteiger partial charge on any atom is -0.504 e. The molecular formula is C12H25N3O3S. The maximum absolute atomic E-state index is 9.56. The first-order valence-electron chi connectivity index (χ1n) is 5.78. The van der Waals surface area contributed by atoms with Crippen LogP contribution in [-0.2, 0) is 10.8 Å².